The van der Waals surface area contributed by atoms with Crippen LogP contribution in [-0.2, 0) is 13.0 Å². The molecular weight excluding hydrogens is 498 g/mol. The van der Waals surface area contributed by atoms with E-state index in [1.54, 1.807) is 10.9 Å². The molecule has 0 unspecified atom stereocenters. The summed E-state index contributed by atoms with van der Waals surface area (Å²) in [5.74, 6) is -0.908. The van der Waals surface area contributed by atoms with Crippen molar-refractivity contribution >= 4 is 29.1 Å². The summed E-state index contributed by atoms with van der Waals surface area (Å²) < 4.78 is 32.3. The number of amides is 2. The highest BCUT2D eigenvalue weighted by Crippen LogP contribution is 2.39. The van der Waals surface area contributed by atoms with Crippen molar-refractivity contribution in [3.63, 3.8) is 0 Å². The number of pyridine rings is 1. The highest BCUT2D eigenvalue weighted by Gasteiger charge is 2.30. The van der Waals surface area contributed by atoms with E-state index in [-0.39, 0.29) is 11.3 Å². The molecule has 4 aromatic rings. The maximum atomic E-state index is 15.6. The number of carbonyl (C=O) groups excluding carboxylic acids is 1. The van der Waals surface area contributed by atoms with Crippen molar-refractivity contribution in [1.82, 2.24) is 14.8 Å². The number of fused-ring (bicyclic) bond motifs is 1. The van der Waals surface area contributed by atoms with Gasteiger partial charge in [-0.25, -0.2) is 23.2 Å². The van der Waals surface area contributed by atoms with Crippen molar-refractivity contribution in [2.75, 3.05) is 16.8 Å². The van der Waals surface area contributed by atoms with E-state index in [2.05, 4.69) is 10.3 Å². The second kappa shape index (κ2) is 9.48. The molecule has 3 N–H and O–H groups in total. The highest BCUT2D eigenvalue weighted by atomic mass is 35.5. The van der Waals surface area contributed by atoms with E-state index in [9.17, 15) is 4.79 Å². The number of nitrogens with two attached hydrogens (primary N) is 1. The molecule has 0 saturated heterocycles. The van der Waals surface area contributed by atoms with Gasteiger partial charge in [0.15, 0.2) is 0 Å². The zero-order valence-corrected chi connectivity index (χ0v) is 21.3. The number of anilines is 2. The zero-order valence-electron chi connectivity index (χ0n) is 20.6. The molecule has 7 nitrogen and oxygen atoms in total. The van der Waals surface area contributed by atoms with Gasteiger partial charge >= 0.3 is 6.03 Å². The summed E-state index contributed by atoms with van der Waals surface area (Å²) in [5, 5.41) is 7.53. The quantitative estimate of drug-likeness (QED) is 0.352. The van der Waals surface area contributed by atoms with Gasteiger partial charge in [-0.2, -0.15) is 5.10 Å². The molecular formula is C27H25ClF2N6O. The monoisotopic (exact) mass is 522 g/mol. The van der Waals surface area contributed by atoms with E-state index in [1.807, 2.05) is 49.9 Å². The number of halogens is 3. The first kappa shape index (κ1) is 24.7. The number of rotatable bonds is 4. The Labute approximate surface area is 217 Å². The maximum absolute atomic E-state index is 15.6. The third kappa shape index (κ3) is 4.51. The topological polar surface area (TPSA) is 89.1 Å². The molecule has 1 aliphatic heterocycles. The van der Waals surface area contributed by atoms with Gasteiger partial charge in [-0.15, -0.1) is 0 Å². The fraction of sp³-hybridized carbons (Fsp3) is 0.222. The van der Waals surface area contributed by atoms with Gasteiger partial charge in [0.2, 0.25) is 0 Å². The lowest BCUT2D eigenvalue weighted by molar-refractivity contribution is 0.259. The van der Waals surface area contributed by atoms with Crippen LogP contribution < -0.4 is 16.0 Å². The first-order valence-electron chi connectivity index (χ1n) is 11.7. The summed E-state index contributed by atoms with van der Waals surface area (Å²) in [4.78, 5) is 17.8. The minimum absolute atomic E-state index is 0.0220. The van der Waals surface area contributed by atoms with Crippen LogP contribution in [-0.4, -0.2) is 27.3 Å². The Balaban J connectivity index is 1.72. The number of hydrogen-bond donors (Lipinski definition) is 2. The van der Waals surface area contributed by atoms with Crippen LogP contribution in [0.2, 0.25) is 5.02 Å². The summed E-state index contributed by atoms with van der Waals surface area (Å²) >= 11 is 6.52. The van der Waals surface area contributed by atoms with Crippen molar-refractivity contribution in [2.45, 2.75) is 33.7 Å². The lowest BCUT2D eigenvalue weighted by atomic mass is 9.99. The molecule has 190 valence electrons. The van der Waals surface area contributed by atoms with E-state index in [1.165, 1.54) is 0 Å². The van der Waals surface area contributed by atoms with Crippen LogP contribution in [0.25, 0.3) is 16.9 Å². The number of nitrogens with one attached hydrogen (secondary N) is 1. The molecule has 0 saturated carbocycles. The average molecular weight is 523 g/mol. The zero-order chi connectivity index (χ0) is 26.4. The molecule has 0 radical (unpaired) electrons. The summed E-state index contributed by atoms with van der Waals surface area (Å²) in [7, 11) is 0. The van der Waals surface area contributed by atoms with Gasteiger partial charge < -0.3 is 16.0 Å². The number of nitrogens with zero attached hydrogens (tertiary/aromatic N) is 4. The molecule has 10 heteroatoms. The molecule has 37 heavy (non-hydrogen) atoms. The number of urea groups is 1. The van der Waals surface area contributed by atoms with Crippen LogP contribution in [0.15, 0.2) is 42.6 Å². The first-order chi connectivity index (χ1) is 17.6. The van der Waals surface area contributed by atoms with E-state index < -0.39 is 17.7 Å². The van der Waals surface area contributed by atoms with Crippen LogP contribution in [0.1, 0.15) is 27.9 Å². The normalized spacial score (nSPS) is 13.0. The van der Waals surface area contributed by atoms with E-state index >= 15 is 8.78 Å². The van der Waals surface area contributed by atoms with Crippen LogP contribution in [0.5, 0.6) is 0 Å². The van der Waals surface area contributed by atoms with Gasteiger partial charge in [-0.05, 0) is 49.6 Å². The Morgan fingerprint density at radius 3 is 2.51 bits per heavy atom. The highest BCUT2D eigenvalue weighted by molar-refractivity contribution is 6.33. The van der Waals surface area contributed by atoms with E-state index in [0.717, 1.165) is 45.8 Å². The lowest BCUT2D eigenvalue weighted by Gasteiger charge is -2.29. The Kier molecular flexibility index (Phi) is 6.33. The Morgan fingerprint density at radius 2 is 1.84 bits per heavy atom. The number of primary amides is 1. The van der Waals surface area contributed by atoms with Crippen LogP contribution in [0, 0.1) is 32.4 Å². The number of aryl methyl sites for hydroxylation is 3. The van der Waals surface area contributed by atoms with Crippen molar-refractivity contribution in [3.05, 3.63) is 87.2 Å². The Morgan fingerprint density at radius 1 is 1.11 bits per heavy atom. The van der Waals surface area contributed by atoms with Crippen LogP contribution in [0.4, 0.5) is 25.1 Å². The largest absolute Gasteiger partial charge is 0.351 e. The molecule has 0 aliphatic carbocycles. The third-order valence-electron chi connectivity index (χ3n) is 6.51. The van der Waals surface area contributed by atoms with Gasteiger partial charge in [0.1, 0.15) is 17.5 Å². The maximum Gasteiger partial charge on any atom is 0.316 e. The fourth-order valence-electron chi connectivity index (χ4n) is 4.85. The van der Waals surface area contributed by atoms with Crippen molar-refractivity contribution < 1.29 is 13.6 Å². The van der Waals surface area contributed by atoms with Crippen molar-refractivity contribution in [1.29, 1.82) is 0 Å². The molecule has 5 rings (SSSR count). The standard InChI is InChI=1S/C27H25ClF2N6O/c1-14-9-19(28)26(32-12-14)35-8-7-22-18(13-35)25(36(34-22)24-15(2)5-4-6-16(24)3)17-10-21(30)23(11-20(17)29)33-27(31)37/h4-6,9-12H,7-8,13H2,1-3H3,(H3,31,33,37). The molecule has 2 amide bonds. The summed E-state index contributed by atoms with van der Waals surface area (Å²) in [6, 6.07) is 8.70. The Bertz CT molecular complexity index is 1530. The second-order valence-electron chi connectivity index (χ2n) is 9.22. The number of hydrogen-bond acceptors (Lipinski definition) is 4. The van der Waals surface area contributed by atoms with E-state index in [0.29, 0.717) is 36.0 Å². The van der Waals surface area contributed by atoms with Crippen molar-refractivity contribution in [3.8, 4) is 16.9 Å². The molecule has 2 aromatic heterocycles. The molecule has 0 fully saturated rings. The predicted octanol–water partition coefficient (Wildman–Crippen LogP) is 5.84. The fourth-order valence-corrected chi connectivity index (χ4v) is 5.19. The molecule has 2 aromatic carbocycles. The van der Waals surface area contributed by atoms with Gasteiger partial charge in [0.05, 0.1) is 27.8 Å². The molecule has 1 aliphatic rings. The molecule has 0 bridgehead atoms. The molecule has 3 heterocycles. The van der Waals surface area contributed by atoms with Gasteiger partial charge in [0.25, 0.3) is 0 Å². The molecule has 0 spiro atoms. The summed E-state index contributed by atoms with van der Waals surface area (Å²) in [6.45, 7) is 6.79. The number of benzene rings is 2. The van der Waals surface area contributed by atoms with Crippen LogP contribution in [0.3, 0.4) is 0 Å². The van der Waals surface area contributed by atoms with Gasteiger partial charge in [0, 0.05) is 42.9 Å². The average Bonchev–Trinajstić information content (AvgIpc) is 3.19. The SMILES string of the molecule is Cc1cnc(N2CCc3nn(-c4c(C)cccc4C)c(-c4cc(F)c(NC(N)=O)cc4F)c3C2)c(Cl)c1. The Hall–Kier alpha value is -3.98. The smallest absolute Gasteiger partial charge is 0.316 e. The number of para-hydroxylation sites is 1. The number of carbonyl (C=O) groups is 1. The third-order valence-corrected chi connectivity index (χ3v) is 6.79. The predicted molar refractivity (Wildman–Crippen MR) is 140 cm³/mol. The van der Waals surface area contributed by atoms with Gasteiger partial charge in [-0.1, -0.05) is 29.8 Å². The summed E-state index contributed by atoms with van der Waals surface area (Å²) in [6.07, 6.45) is 2.31. The minimum Gasteiger partial charge on any atom is -0.351 e. The minimum atomic E-state index is -0.984. The van der Waals surface area contributed by atoms with Crippen molar-refractivity contribution in [2.24, 2.45) is 5.73 Å². The lowest BCUT2D eigenvalue weighted by Crippen LogP contribution is -2.31. The second-order valence-corrected chi connectivity index (χ2v) is 9.62. The first-order valence-corrected chi connectivity index (χ1v) is 12.1. The molecule has 0 atom stereocenters. The van der Waals surface area contributed by atoms with E-state index in [4.69, 9.17) is 22.4 Å². The summed E-state index contributed by atoms with van der Waals surface area (Å²) in [5.41, 5.74) is 10.4. The van der Waals surface area contributed by atoms with Gasteiger partial charge in [-0.3, -0.25) is 0 Å². The van der Waals surface area contributed by atoms with Crippen LogP contribution >= 0.6 is 11.6 Å². The number of aromatic nitrogens is 3.